The predicted molar refractivity (Wildman–Crippen MR) is 86.5 cm³/mol. The molecule has 1 fully saturated rings. The van der Waals surface area contributed by atoms with Gasteiger partial charge in [0.15, 0.2) is 0 Å². The Morgan fingerprint density at radius 1 is 1.09 bits per heavy atom. The topological polar surface area (TPSA) is 52.7 Å². The third kappa shape index (κ3) is 5.23. The van der Waals surface area contributed by atoms with Crippen LogP contribution in [0, 0.1) is 5.82 Å². The van der Waals surface area contributed by atoms with E-state index in [-0.39, 0.29) is 30.2 Å². The minimum atomic E-state index is -0.303. The highest BCUT2D eigenvalue weighted by molar-refractivity contribution is 5.79. The van der Waals surface area contributed by atoms with Crippen LogP contribution >= 0.6 is 0 Å². The Balaban J connectivity index is 1.88. The van der Waals surface area contributed by atoms with E-state index in [4.69, 9.17) is 0 Å². The molecular weight excluding hydrogens is 297 g/mol. The van der Waals surface area contributed by atoms with Gasteiger partial charge in [-0.1, -0.05) is 12.1 Å². The van der Waals surface area contributed by atoms with E-state index in [0.29, 0.717) is 26.2 Å². The molecule has 1 aliphatic heterocycles. The Hall–Kier alpha value is -2.11. The highest BCUT2D eigenvalue weighted by Crippen LogP contribution is 2.09. The maximum atomic E-state index is 12.9. The first-order chi connectivity index (χ1) is 11.0. The lowest BCUT2D eigenvalue weighted by Crippen LogP contribution is -2.45. The van der Waals surface area contributed by atoms with Gasteiger partial charge in [-0.15, -0.1) is 0 Å². The van der Waals surface area contributed by atoms with E-state index in [1.807, 2.05) is 13.8 Å². The van der Waals surface area contributed by atoms with E-state index >= 15 is 0 Å². The highest BCUT2D eigenvalue weighted by Gasteiger charge is 2.22. The van der Waals surface area contributed by atoms with Crippen LogP contribution in [-0.4, -0.2) is 54.0 Å². The van der Waals surface area contributed by atoms with Crippen LogP contribution in [0.15, 0.2) is 24.3 Å². The summed E-state index contributed by atoms with van der Waals surface area (Å²) >= 11 is 0. The van der Waals surface area contributed by atoms with Crippen LogP contribution < -0.4 is 5.32 Å². The van der Waals surface area contributed by atoms with Gasteiger partial charge in [-0.2, -0.15) is 0 Å². The van der Waals surface area contributed by atoms with Gasteiger partial charge >= 0.3 is 6.03 Å². The smallest absolute Gasteiger partial charge is 0.317 e. The summed E-state index contributed by atoms with van der Waals surface area (Å²) in [6, 6.07) is 6.02. The molecule has 6 heteroatoms. The van der Waals surface area contributed by atoms with Gasteiger partial charge in [-0.25, -0.2) is 9.18 Å². The first-order valence-electron chi connectivity index (χ1n) is 8.03. The molecule has 1 N–H and O–H groups in total. The van der Waals surface area contributed by atoms with Crippen molar-refractivity contribution in [3.63, 3.8) is 0 Å². The van der Waals surface area contributed by atoms with Gasteiger partial charge < -0.3 is 15.1 Å². The van der Waals surface area contributed by atoms with Crippen molar-refractivity contribution in [2.45, 2.75) is 32.7 Å². The summed E-state index contributed by atoms with van der Waals surface area (Å²) in [5.74, 6) is -0.287. The molecule has 1 heterocycles. The van der Waals surface area contributed by atoms with E-state index < -0.39 is 0 Å². The molecule has 23 heavy (non-hydrogen) atoms. The summed E-state index contributed by atoms with van der Waals surface area (Å²) in [5.41, 5.74) is 0.801. The zero-order chi connectivity index (χ0) is 16.8. The Bertz CT molecular complexity index is 545. The fraction of sp³-hybridized carbons (Fsp3) is 0.529. The molecule has 5 nitrogen and oxygen atoms in total. The number of halogens is 1. The van der Waals surface area contributed by atoms with Crippen molar-refractivity contribution < 1.29 is 14.0 Å². The summed E-state index contributed by atoms with van der Waals surface area (Å²) in [5, 5.41) is 2.88. The lowest BCUT2D eigenvalue weighted by molar-refractivity contribution is -0.130. The van der Waals surface area contributed by atoms with Gasteiger partial charge in [0, 0.05) is 32.2 Å². The maximum absolute atomic E-state index is 12.9. The van der Waals surface area contributed by atoms with E-state index in [9.17, 15) is 14.0 Å². The first kappa shape index (κ1) is 17.2. The SMILES string of the molecule is CC(C)NC(=O)N1CCCN(C(=O)Cc2ccc(F)cc2)CC1. The van der Waals surface area contributed by atoms with Crippen LogP contribution in [0.2, 0.25) is 0 Å². The molecule has 0 aliphatic carbocycles. The van der Waals surface area contributed by atoms with Crippen molar-refractivity contribution in [1.29, 1.82) is 0 Å². The average Bonchev–Trinajstić information content (AvgIpc) is 2.75. The molecule has 0 bridgehead atoms. The number of nitrogens with zero attached hydrogens (tertiary/aromatic N) is 2. The maximum Gasteiger partial charge on any atom is 0.317 e. The minimum absolute atomic E-state index is 0.0164. The van der Waals surface area contributed by atoms with Gasteiger partial charge in [0.05, 0.1) is 6.42 Å². The molecule has 1 saturated heterocycles. The second-order valence-corrected chi connectivity index (χ2v) is 6.13. The van der Waals surface area contributed by atoms with Crippen LogP contribution in [0.3, 0.4) is 0 Å². The summed E-state index contributed by atoms with van der Waals surface area (Å²) in [4.78, 5) is 27.9. The van der Waals surface area contributed by atoms with Crippen LogP contribution in [0.5, 0.6) is 0 Å². The zero-order valence-corrected chi connectivity index (χ0v) is 13.7. The normalized spacial score (nSPS) is 15.5. The van der Waals surface area contributed by atoms with Crippen LogP contribution in [0.25, 0.3) is 0 Å². The van der Waals surface area contributed by atoms with Crippen molar-refractivity contribution in [2.75, 3.05) is 26.2 Å². The molecule has 1 aromatic carbocycles. The molecule has 2 rings (SSSR count). The summed E-state index contributed by atoms with van der Waals surface area (Å²) < 4.78 is 12.9. The third-order valence-electron chi connectivity index (χ3n) is 3.82. The molecule has 1 aromatic rings. The zero-order valence-electron chi connectivity index (χ0n) is 13.7. The fourth-order valence-electron chi connectivity index (χ4n) is 2.60. The van der Waals surface area contributed by atoms with Crippen molar-refractivity contribution in [2.24, 2.45) is 0 Å². The van der Waals surface area contributed by atoms with Crippen LogP contribution in [-0.2, 0) is 11.2 Å². The minimum Gasteiger partial charge on any atom is -0.341 e. The Kier molecular flexibility index (Phi) is 5.96. The average molecular weight is 321 g/mol. The van der Waals surface area contributed by atoms with Gasteiger partial charge in [-0.05, 0) is 38.0 Å². The Morgan fingerprint density at radius 3 is 2.35 bits per heavy atom. The first-order valence-corrected chi connectivity index (χ1v) is 8.03. The van der Waals surface area contributed by atoms with Crippen molar-refractivity contribution >= 4 is 11.9 Å². The van der Waals surface area contributed by atoms with Gasteiger partial charge in [0.2, 0.25) is 5.91 Å². The van der Waals surface area contributed by atoms with Crippen LogP contribution in [0.1, 0.15) is 25.8 Å². The second kappa shape index (κ2) is 7.94. The lowest BCUT2D eigenvalue weighted by Gasteiger charge is -2.23. The Morgan fingerprint density at radius 2 is 1.70 bits per heavy atom. The quantitative estimate of drug-likeness (QED) is 0.926. The number of nitrogens with one attached hydrogen (secondary N) is 1. The van der Waals surface area contributed by atoms with Gasteiger partial charge in [-0.3, -0.25) is 4.79 Å². The number of carbonyl (C=O) groups is 2. The van der Waals surface area contributed by atoms with Crippen molar-refractivity contribution in [1.82, 2.24) is 15.1 Å². The standard InChI is InChI=1S/C17H24FN3O2/c1-13(2)19-17(23)21-9-3-8-20(10-11-21)16(22)12-14-4-6-15(18)7-5-14/h4-7,13H,3,8-12H2,1-2H3,(H,19,23). The summed E-state index contributed by atoms with van der Waals surface area (Å²) in [6.07, 6.45) is 1.03. The predicted octanol–water partition coefficient (Wildman–Crippen LogP) is 2.02. The largest absolute Gasteiger partial charge is 0.341 e. The number of hydrogen-bond donors (Lipinski definition) is 1. The number of benzene rings is 1. The number of hydrogen-bond acceptors (Lipinski definition) is 2. The fourth-order valence-corrected chi connectivity index (χ4v) is 2.60. The summed E-state index contributed by atoms with van der Waals surface area (Å²) in [6.45, 7) is 6.21. The third-order valence-corrected chi connectivity index (χ3v) is 3.82. The molecular formula is C17H24FN3O2. The van der Waals surface area contributed by atoms with E-state index in [2.05, 4.69) is 5.32 Å². The van der Waals surface area contributed by atoms with Gasteiger partial charge in [0.25, 0.3) is 0 Å². The van der Waals surface area contributed by atoms with Crippen molar-refractivity contribution in [3.8, 4) is 0 Å². The van der Waals surface area contributed by atoms with Gasteiger partial charge in [0.1, 0.15) is 5.82 Å². The molecule has 0 aromatic heterocycles. The second-order valence-electron chi connectivity index (χ2n) is 6.13. The van der Waals surface area contributed by atoms with E-state index in [0.717, 1.165) is 12.0 Å². The Labute approximate surface area is 136 Å². The molecule has 0 atom stereocenters. The molecule has 0 unspecified atom stereocenters. The van der Waals surface area contributed by atoms with Crippen molar-refractivity contribution in [3.05, 3.63) is 35.6 Å². The van der Waals surface area contributed by atoms with E-state index in [1.54, 1.807) is 21.9 Å². The number of carbonyl (C=O) groups excluding carboxylic acids is 2. The lowest BCUT2D eigenvalue weighted by atomic mass is 10.1. The number of rotatable bonds is 3. The highest BCUT2D eigenvalue weighted by atomic mass is 19.1. The molecule has 0 spiro atoms. The molecule has 0 radical (unpaired) electrons. The molecule has 1 aliphatic rings. The number of amides is 3. The molecule has 0 saturated carbocycles. The van der Waals surface area contributed by atoms with Crippen LogP contribution in [0.4, 0.5) is 9.18 Å². The number of urea groups is 1. The molecule has 126 valence electrons. The van der Waals surface area contributed by atoms with E-state index in [1.165, 1.54) is 12.1 Å². The monoisotopic (exact) mass is 321 g/mol. The molecule has 3 amide bonds. The summed E-state index contributed by atoms with van der Waals surface area (Å²) in [7, 11) is 0.